The van der Waals surface area contributed by atoms with E-state index in [0.29, 0.717) is 44.2 Å². The first kappa shape index (κ1) is 23.0. The highest BCUT2D eigenvalue weighted by molar-refractivity contribution is 5.94. The Hall–Kier alpha value is -2.67. The van der Waals surface area contributed by atoms with Gasteiger partial charge in [-0.2, -0.15) is 5.10 Å². The zero-order valence-electron chi connectivity index (χ0n) is 18.6. The molecular formula is C24H33N3O4. The van der Waals surface area contributed by atoms with Crippen LogP contribution in [0.3, 0.4) is 0 Å². The van der Waals surface area contributed by atoms with E-state index in [1.54, 1.807) is 12.1 Å². The summed E-state index contributed by atoms with van der Waals surface area (Å²) in [6.07, 6.45) is 4.81. The first-order valence-electron chi connectivity index (χ1n) is 11.3. The van der Waals surface area contributed by atoms with Gasteiger partial charge in [0.25, 0.3) is 5.91 Å². The van der Waals surface area contributed by atoms with Gasteiger partial charge in [-0.25, -0.2) is 4.79 Å². The monoisotopic (exact) mass is 427 g/mol. The molecule has 2 heterocycles. The lowest BCUT2D eigenvalue weighted by atomic mass is 10.0. The van der Waals surface area contributed by atoms with Gasteiger partial charge in [0, 0.05) is 31.9 Å². The minimum atomic E-state index is -0.291. The lowest BCUT2D eigenvalue weighted by Gasteiger charge is -2.08. The average Bonchev–Trinajstić information content (AvgIpc) is 3.11. The number of esters is 1. The highest BCUT2D eigenvalue weighted by Crippen LogP contribution is 2.20. The molecule has 2 aromatic rings. The van der Waals surface area contributed by atoms with E-state index in [0.717, 1.165) is 55.3 Å². The van der Waals surface area contributed by atoms with Crippen LogP contribution in [0.1, 0.15) is 70.3 Å². The highest BCUT2D eigenvalue weighted by atomic mass is 16.5. The molecule has 0 radical (unpaired) electrons. The summed E-state index contributed by atoms with van der Waals surface area (Å²) < 4.78 is 12.9. The van der Waals surface area contributed by atoms with Gasteiger partial charge in [-0.3, -0.25) is 9.48 Å². The summed E-state index contributed by atoms with van der Waals surface area (Å²) in [4.78, 5) is 24.9. The van der Waals surface area contributed by atoms with Crippen LogP contribution in [0.2, 0.25) is 0 Å². The number of carbonyl (C=O) groups is 2. The number of nitrogens with zero attached hydrogens (tertiary/aromatic N) is 2. The second-order valence-corrected chi connectivity index (χ2v) is 7.87. The van der Waals surface area contributed by atoms with E-state index in [1.165, 1.54) is 0 Å². The number of aryl methyl sites for hydroxylation is 3. The molecule has 168 valence electrons. The number of amides is 1. The third kappa shape index (κ3) is 6.40. The Kier molecular flexibility index (Phi) is 8.64. The molecule has 1 aliphatic heterocycles. The van der Waals surface area contributed by atoms with E-state index in [2.05, 4.69) is 5.32 Å². The molecule has 7 heteroatoms. The fraction of sp³-hybridized carbons (Fsp3) is 0.542. The molecule has 1 N–H and O–H groups in total. The van der Waals surface area contributed by atoms with Gasteiger partial charge < -0.3 is 14.8 Å². The topological polar surface area (TPSA) is 82.5 Å². The Balaban J connectivity index is 1.57. The molecule has 0 aliphatic carbocycles. The number of aromatic nitrogens is 2. The van der Waals surface area contributed by atoms with Crippen molar-refractivity contribution in [2.45, 2.75) is 58.9 Å². The minimum Gasteiger partial charge on any atom is -0.462 e. The molecule has 3 rings (SSSR count). The van der Waals surface area contributed by atoms with Crippen LogP contribution in [0.15, 0.2) is 24.3 Å². The number of fused-ring (bicyclic) bond motifs is 1. The van der Waals surface area contributed by atoms with Crippen LogP contribution in [0.4, 0.5) is 0 Å². The predicted molar refractivity (Wildman–Crippen MR) is 118 cm³/mol. The average molecular weight is 428 g/mol. The van der Waals surface area contributed by atoms with E-state index in [1.807, 2.05) is 30.7 Å². The number of hydrogen-bond acceptors (Lipinski definition) is 5. The molecule has 0 saturated heterocycles. The van der Waals surface area contributed by atoms with Gasteiger partial charge in [0.15, 0.2) is 0 Å². The van der Waals surface area contributed by atoms with Gasteiger partial charge in [-0.15, -0.1) is 0 Å². The summed E-state index contributed by atoms with van der Waals surface area (Å²) in [7, 11) is 0. The molecule has 1 aromatic carbocycles. The van der Waals surface area contributed by atoms with Gasteiger partial charge in [0.2, 0.25) is 0 Å². The van der Waals surface area contributed by atoms with Crippen LogP contribution in [0.25, 0.3) is 0 Å². The number of unbranched alkanes of at least 4 members (excludes halogenated alkanes) is 1. The van der Waals surface area contributed by atoms with Crippen LogP contribution in [0.5, 0.6) is 0 Å². The maximum absolute atomic E-state index is 12.8. The third-order valence-corrected chi connectivity index (χ3v) is 5.44. The van der Waals surface area contributed by atoms with Gasteiger partial charge in [-0.05, 0) is 64.5 Å². The van der Waals surface area contributed by atoms with Crippen LogP contribution in [-0.4, -0.2) is 48.0 Å². The number of benzene rings is 1. The summed E-state index contributed by atoms with van der Waals surface area (Å²) in [5, 5.41) is 7.72. The van der Waals surface area contributed by atoms with Crippen molar-refractivity contribution in [3.8, 4) is 0 Å². The van der Waals surface area contributed by atoms with E-state index < -0.39 is 0 Å². The van der Waals surface area contributed by atoms with Crippen molar-refractivity contribution in [2.75, 3.05) is 26.4 Å². The van der Waals surface area contributed by atoms with Gasteiger partial charge in [0.1, 0.15) is 5.69 Å². The Morgan fingerprint density at radius 2 is 1.97 bits per heavy atom. The fourth-order valence-corrected chi connectivity index (χ4v) is 3.74. The number of rotatable bonds is 7. The molecule has 0 atom stereocenters. The number of ether oxygens (including phenoxy) is 2. The van der Waals surface area contributed by atoms with E-state index >= 15 is 0 Å². The summed E-state index contributed by atoms with van der Waals surface area (Å²) in [5.41, 5.74) is 4.37. The zero-order chi connectivity index (χ0) is 22.1. The third-order valence-electron chi connectivity index (χ3n) is 5.44. The number of hydrogen-bond donors (Lipinski definition) is 1. The van der Waals surface area contributed by atoms with E-state index in [9.17, 15) is 9.59 Å². The Morgan fingerprint density at radius 3 is 2.74 bits per heavy atom. The summed E-state index contributed by atoms with van der Waals surface area (Å²) in [6.45, 7) is 6.99. The minimum absolute atomic E-state index is 0.0514. The molecule has 31 heavy (non-hydrogen) atoms. The lowest BCUT2D eigenvalue weighted by Crippen LogP contribution is -2.28. The number of carbonyl (C=O) groups excluding carboxylic acids is 2. The molecule has 1 aliphatic rings. The number of nitrogens with one attached hydrogen (secondary N) is 1. The second kappa shape index (κ2) is 11.6. The van der Waals surface area contributed by atoms with Crippen LogP contribution < -0.4 is 5.32 Å². The van der Waals surface area contributed by atoms with Crippen molar-refractivity contribution in [3.63, 3.8) is 0 Å². The van der Waals surface area contributed by atoms with Gasteiger partial charge in [-0.1, -0.05) is 17.7 Å². The predicted octanol–water partition coefficient (Wildman–Crippen LogP) is 3.47. The van der Waals surface area contributed by atoms with Gasteiger partial charge in [0.05, 0.1) is 17.9 Å². The molecule has 7 nitrogen and oxygen atoms in total. The molecule has 0 fully saturated rings. The van der Waals surface area contributed by atoms with E-state index in [4.69, 9.17) is 14.6 Å². The Labute approximate surface area is 184 Å². The molecule has 1 amide bonds. The van der Waals surface area contributed by atoms with Gasteiger partial charge >= 0.3 is 5.97 Å². The van der Waals surface area contributed by atoms with E-state index in [-0.39, 0.29) is 11.9 Å². The van der Waals surface area contributed by atoms with Crippen molar-refractivity contribution in [1.82, 2.24) is 15.1 Å². The van der Waals surface area contributed by atoms with Crippen molar-refractivity contribution in [3.05, 3.63) is 52.3 Å². The maximum Gasteiger partial charge on any atom is 0.338 e. The SMILES string of the molecule is CCn1nc(CCCCOC(=O)c2ccc(C)cc2)c2c1C(=O)NCCCOCCC2. The summed E-state index contributed by atoms with van der Waals surface area (Å²) in [6, 6.07) is 7.38. The van der Waals surface area contributed by atoms with Crippen LogP contribution in [0, 0.1) is 6.92 Å². The lowest BCUT2D eigenvalue weighted by molar-refractivity contribution is 0.0498. The molecule has 0 saturated carbocycles. The van der Waals surface area contributed by atoms with Crippen LogP contribution >= 0.6 is 0 Å². The molecule has 0 unspecified atom stereocenters. The summed E-state index contributed by atoms with van der Waals surface area (Å²) >= 11 is 0. The van der Waals surface area contributed by atoms with Crippen molar-refractivity contribution in [2.24, 2.45) is 0 Å². The second-order valence-electron chi connectivity index (χ2n) is 7.87. The first-order valence-corrected chi connectivity index (χ1v) is 11.3. The maximum atomic E-state index is 12.8. The summed E-state index contributed by atoms with van der Waals surface area (Å²) in [5.74, 6) is -0.343. The normalized spacial score (nSPS) is 15.0. The Morgan fingerprint density at radius 1 is 1.19 bits per heavy atom. The fourth-order valence-electron chi connectivity index (χ4n) is 3.74. The van der Waals surface area contributed by atoms with Crippen LogP contribution in [-0.2, 0) is 28.9 Å². The zero-order valence-corrected chi connectivity index (χ0v) is 18.6. The van der Waals surface area contributed by atoms with Crippen molar-refractivity contribution in [1.29, 1.82) is 0 Å². The first-order chi connectivity index (χ1) is 15.1. The quantitative estimate of drug-likeness (QED) is 0.540. The molecule has 1 aromatic heterocycles. The van der Waals surface area contributed by atoms with Crippen molar-refractivity contribution < 1.29 is 19.1 Å². The smallest absolute Gasteiger partial charge is 0.338 e. The molecule has 0 bridgehead atoms. The molecular weight excluding hydrogens is 394 g/mol. The highest BCUT2D eigenvalue weighted by Gasteiger charge is 2.22. The Bertz CT molecular complexity index is 874. The standard InChI is InChI=1S/C24H33N3O4/c1-3-27-22-20(8-6-15-30-16-7-14-25-23(22)28)21(26-27)9-4-5-17-31-24(29)19-12-10-18(2)11-13-19/h10-13H,3-9,14-17H2,1-2H3,(H,25,28). The molecule has 0 spiro atoms. The largest absolute Gasteiger partial charge is 0.462 e. The van der Waals surface area contributed by atoms with Crippen molar-refractivity contribution >= 4 is 11.9 Å².